The van der Waals surface area contributed by atoms with Crippen molar-refractivity contribution >= 4 is 17.7 Å². The maximum Gasteiger partial charge on any atom is 0.253 e. The number of allylic oxidation sites excluding steroid dienone is 2. The number of carbonyl (C=O) groups excluding carboxylic acids is 3. The number of rotatable bonds is 4. The van der Waals surface area contributed by atoms with Gasteiger partial charge >= 0.3 is 0 Å². The molecule has 8 rings (SSSR count). The van der Waals surface area contributed by atoms with Gasteiger partial charge in [0.2, 0.25) is 5.91 Å². The fraction of sp³-hybridized carbons (Fsp3) is 0.452. The summed E-state index contributed by atoms with van der Waals surface area (Å²) < 4.78 is 0. The molecule has 0 radical (unpaired) electrons. The highest BCUT2D eigenvalue weighted by molar-refractivity contribution is 6.08. The molecule has 0 spiro atoms. The summed E-state index contributed by atoms with van der Waals surface area (Å²) in [5.41, 5.74) is 4.52. The number of carbonyl (C=O) groups is 3. The lowest BCUT2D eigenvalue weighted by atomic mass is 9.49. The third-order valence-electron chi connectivity index (χ3n) is 9.80. The van der Waals surface area contributed by atoms with E-state index in [1.54, 1.807) is 0 Å². The summed E-state index contributed by atoms with van der Waals surface area (Å²) in [5.74, 6) is -0.287. The molecule has 5 heteroatoms. The highest BCUT2D eigenvalue weighted by atomic mass is 16.2. The van der Waals surface area contributed by atoms with Gasteiger partial charge in [0.1, 0.15) is 0 Å². The van der Waals surface area contributed by atoms with Crippen LogP contribution in [0.5, 0.6) is 0 Å². The minimum atomic E-state index is -0.535. The number of nitrogens with one attached hydrogen (secondary N) is 1. The van der Waals surface area contributed by atoms with E-state index in [0.717, 1.165) is 35.4 Å². The second-order valence-electron chi connectivity index (χ2n) is 12.0. The van der Waals surface area contributed by atoms with Crippen molar-refractivity contribution in [2.45, 2.75) is 50.4 Å². The van der Waals surface area contributed by atoms with E-state index in [2.05, 4.69) is 17.6 Å². The largest absolute Gasteiger partial charge is 0.273 e. The number of hydrogen-bond acceptors (Lipinski definition) is 3. The Morgan fingerprint density at radius 2 is 1.11 bits per heavy atom. The number of nitrogens with zero attached hydrogens (tertiary/aromatic N) is 1. The first kappa shape index (κ1) is 22.0. The maximum atomic E-state index is 13.9. The van der Waals surface area contributed by atoms with E-state index in [0.29, 0.717) is 17.8 Å². The number of imide groups is 1. The van der Waals surface area contributed by atoms with Gasteiger partial charge in [-0.2, -0.15) is 5.01 Å². The van der Waals surface area contributed by atoms with Crippen molar-refractivity contribution in [3.63, 3.8) is 0 Å². The fourth-order valence-electron chi connectivity index (χ4n) is 8.65. The van der Waals surface area contributed by atoms with Gasteiger partial charge in [0.25, 0.3) is 11.8 Å². The molecule has 4 saturated carbocycles. The van der Waals surface area contributed by atoms with Crippen LogP contribution in [0.1, 0.15) is 61.5 Å². The van der Waals surface area contributed by atoms with Crippen LogP contribution in [0.4, 0.5) is 0 Å². The van der Waals surface area contributed by atoms with E-state index < -0.39 is 17.3 Å². The number of hydrogen-bond donors (Lipinski definition) is 1. The molecule has 5 nitrogen and oxygen atoms in total. The quantitative estimate of drug-likeness (QED) is 0.496. The Hall–Kier alpha value is -3.21. The number of hydrazine groups is 1. The van der Waals surface area contributed by atoms with Crippen molar-refractivity contribution in [3.05, 3.63) is 83.9 Å². The third kappa shape index (κ3) is 3.31. The fourth-order valence-corrected chi connectivity index (χ4v) is 8.65. The Morgan fingerprint density at radius 3 is 1.53 bits per heavy atom. The predicted octanol–water partition coefficient (Wildman–Crippen LogP) is 4.97. The minimum absolute atomic E-state index is 0.109. The van der Waals surface area contributed by atoms with Crippen molar-refractivity contribution in [2.75, 3.05) is 0 Å². The van der Waals surface area contributed by atoms with E-state index in [4.69, 9.17) is 0 Å². The molecule has 2 aromatic rings. The van der Waals surface area contributed by atoms with Crippen LogP contribution in [0, 0.1) is 35.0 Å². The first-order valence-corrected chi connectivity index (χ1v) is 13.5. The highest BCUT2D eigenvalue weighted by Gasteiger charge is 2.59. The smallest absolute Gasteiger partial charge is 0.253 e. The lowest BCUT2D eigenvalue weighted by Crippen LogP contribution is -2.58. The summed E-state index contributed by atoms with van der Waals surface area (Å²) in [4.78, 5) is 41.6. The number of benzene rings is 2. The maximum absolute atomic E-state index is 13.9. The molecule has 1 N–H and O–H groups in total. The third-order valence-corrected chi connectivity index (χ3v) is 9.80. The number of amides is 3. The van der Waals surface area contributed by atoms with E-state index in [1.807, 2.05) is 60.7 Å². The molecule has 1 aliphatic heterocycles. The monoisotopic (exact) mass is 480 g/mol. The second-order valence-corrected chi connectivity index (χ2v) is 12.0. The van der Waals surface area contributed by atoms with Crippen LogP contribution < -0.4 is 5.43 Å². The summed E-state index contributed by atoms with van der Waals surface area (Å²) in [5, 5.41) is 1.11. The van der Waals surface area contributed by atoms with Crippen LogP contribution in [-0.4, -0.2) is 22.7 Å². The van der Waals surface area contributed by atoms with Gasteiger partial charge < -0.3 is 0 Å². The lowest BCUT2D eigenvalue weighted by Gasteiger charge is -2.55. The van der Waals surface area contributed by atoms with Crippen LogP contribution in [-0.2, 0) is 14.4 Å². The van der Waals surface area contributed by atoms with Gasteiger partial charge in [0.15, 0.2) is 0 Å². The normalized spacial score (nSPS) is 38.3. The highest BCUT2D eigenvalue weighted by Crippen LogP contribution is 2.60. The first-order valence-electron chi connectivity index (χ1n) is 13.5. The standard InChI is InChI=1S/C31H32N2O3/c34-28-26-24(22-7-3-1-4-8-22)11-12-25(23-9-5-2-6-10-23)27(26)29(35)33(28)32-30(36)31-16-19-13-20(17-31)15-21(14-19)18-31/h1-12,19-21,24-27H,13-18H2,(H,32,36)/t19?,20?,21?,24-,25-,26+,27+,31?/m0/s1. The molecule has 36 heavy (non-hydrogen) atoms. The number of fused-ring (bicyclic) bond motifs is 1. The van der Waals surface area contributed by atoms with Crippen LogP contribution in [0.2, 0.25) is 0 Å². The van der Waals surface area contributed by atoms with Crippen molar-refractivity contribution in [1.82, 2.24) is 10.4 Å². The van der Waals surface area contributed by atoms with Crippen molar-refractivity contribution in [2.24, 2.45) is 35.0 Å². The Kier molecular flexibility index (Phi) is 4.99. The molecule has 1 saturated heterocycles. The SMILES string of the molecule is O=C1[C@H]2[C@H](C(=O)N1NC(=O)C13CC4CC(CC(C4)C1)C3)[C@H](c1ccccc1)C=C[C@H]2c1ccccc1. The van der Waals surface area contributed by atoms with Crippen molar-refractivity contribution in [3.8, 4) is 0 Å². The van der Waals surface area contributed by atoms with E-state index in [-0.39, 0.29) is 29.6 Å². The Morgan fingerprint density at radius 1 is 0.694 bits per heavy atom. The zero-order valence-electron chi connectivity index (χ0n) is 20.4. The topological polar surface area (TPSA) is 66.5 Å². The summed E-state index contributed by atoms with van der Waals surface area (Å²) in [6, 6.07) is 19.9. The second kappa shape index (κ2) is 8.16. The molecule has 3 amide bonds. The molecule has 2 aromatic carbocycles. The van der Waals surface area contributed by atoms with E-state index in [9.17, 15) is 14.4 Å². The molecule has 5 fully saturated rings. The van der Waals surface area contributed by atoms with Crippen LogP contribution in [0.25, 0.3) is 0 Å². The van der Waals surface area contributed by atoms with Crippen LogP contribution in [0.15, 0.2) is 72.8 Å². The van der Waals surface area contributed by atoms with Gasteiger partial charge in [-0.1, -0.05) is 72.8 Å². The Balaban J connectivity index is 1.22. The van der Waals surface area contributed by atoms with Gasteiger partial charge in [-0.25, -0.2) is 0 Å². The zero-order chi connectivity index (χ0) is 24.4. The summed E-state index contributed by atoms with van der Waals surface area (Å²) in [7, 11) is 0. The van der Waals surface area contributed by atoms with Gasteiger partial charge in [-0.3, -0.25) is 19.8 Å². The molecule has 184 valence electrons. The predicted molar refractivity (Wildman–Crippen MR) is 135 cm³/mol. The van der Waals surface area contributed by atoms with Gasteiger partial charge in [-0.15, -0.1) is 0 Å². The van der Waals surface area contributed by atoms with Crippen LogP contribution >= 0.6 is 0 Å². The molecule has 0 unspecified atom stereocenters. The molecule has 4 bridgehead atoms. The van der Waals surface area contributed by atoms with Crippen molar-refractivity contribution < 1.29 is 14.4 Å². The molecule has 4 atom stereocenters. The van der Waals surface area contributed by atoms with Gasteiger partial charge in [0, 0.05) is 11.8 Å². The molecule has 1 heterocycles. The molecule has 6 aliphatic rings. The Labute approximate surface area is 211 Å². The van der Waals surface area contributed by atoms with E-state index >= 15 is 0 Å². The summed E-state index contributed by atoms with van der Waals surface area (Å²) in [6.07, 6.45) is 10.6. The minimum Gasteiger partial charge on any atom is -0.273 e. The zero-order valence-corrected chi connectivity index (χ0v) is 20.4. The summed E-state index contributed by atoms with van der Waals surface area (Å²) in [6.45, 7) is 0. The van der Waals surface area contributed by atoms with Gasteiger partial charge in [0.05, 0.1) is 17.3 Å². The molecule has 5 aliphatic carbocycles. The average molecular weight is 481 g/mol. The lowest BCUT2D eigenvalue weighted by molar-refractivity contribution is -0.160. The molecule has 0 aromatic heterocycles. The van der Waals surface area contributed by atoms with Crippen LogP contribution in [0.3, 0.4) is 0 Å². The van der Waals surface area contributed by atoms with E-state index in [1.165, 1.54) is 19.3 Å². The van der Waals surface area contributed by atoms with Gasteiger partial charge in [-0.05, 0) is 67.4 Å². The first-order chi connectivity index (χ1) is 17.5. The van der Waals surface area contributed by atoms with Crippen molar-refractivity contribution in [1.29, 1.82) is 0 Å². The average Bonchev–Trinajstić information content (AvgIpc) is 3.14. The summed E-state index contributed by atoms with van der Waals surface area (Å²) >= 11 is 0. The molecular weight excluding hydrogens is 448 g/mol. The Bertz CT molecular complexity index is 1130. The molecular formula is C31H32N2O3.